The molecule has 24 heavy (non-hydrogen) atoms. The van der Waals surface area contributed by atoms with Crippen molar-refractivity contribution in [3.8, 4) is 0 Å². The summed E-state index contributed by atoms with van der Waals surface area (Å²) >= 11 is 1.50. The van der Waals surface area contributed by atoms with Crippen LogP contribution in [0.25, 0.3) is 11.0 Å². The molecule has 2 aliphatic heterocycles. The van der Waals surface area contributed by atoms with Crippen LogP contribution in [-0.2, 0) is 4.79 Å². The fourth-order valence-corrected chi connectivity index (χ4v) is 4.13. The molecule has 7 heteroatoms. The van der Waals surface area contributed by atoms with E-state index in [0.717, 1.165) is 61.6 Å². The van der Waals surface area contributed by atoms with Gasteiger partial charge in [0.1, 0.15) is 0 Å². The Morgan fingerprint density at radius 1 is 1.12 bits per heavy atom. The van der Waals surface area contributed by atoms with Gasteiger partial charge in [-0.3, -0.25) is 13.4 Å². The lowest BCUT2D eigenvalue weighted by Crippen LogP contribution is -2.44. The second kappa shape index (κ2) is 6.22. The van der Waals surface area contributed by atoms with Gasteiger partial charge in [0, 0.05) is 45.0 Å². The number of hydrogen-bond acceptors (Lipinski definition) is 6. The minimum absolute atomic E-state index is 0.103. The van der Waals surface area contributed by atoms with Crippen molar-refractivity contribution in [2.24, 2.45) is 0 Å². The van der Waals surface area contributed by atoms with E-state index in [4.69, 9.17) is 4.42 Å². The molecule has 0 spiro atoms. The van der Waals surface area contributed by atoms with Gasteiger partial charge in [-0.2, -0.15) is 0 Å². The molecule has 0 atom stereocenters. The molecule has 2 aromatic rings. The number of hydrogen-bond donors (Lipinski definition) is 0. The average molecular weight is 346 g/mol. The van der Waals surface area contributed by atoms with Gasteiger partial charge in [0.25, 0.3) is 0 Å². The van der Waals surface area contributed by atoms with Crippen LogP contribution in [0.4, 0.5) is 11.4 Å². The minimum Gasteiger partial charge on any atom is -0.462 e. The van der Waals surface area contributed by atoms with E-state index in [2.05, 4.69) is 33.3 Å². The van der Waals surface area contributed by atoms with Crippen LogP contribution in [0.3, 0.4) is 0 Å². The first-order chi connectivity index (χ1) is 11.6. The molecule has 0 radical (unpaired) electrons. The highest BCUT2D eigenvalue weighted by atomic mass is 32.2. The molecule has 2 saturated heterocycles. The van der Waals surface area contributed by atoms with Crippen LogP contribution in [0.2, 0.25) is 0 Å². The van der Waals surface area contributed by atoms with Crippen LogP contribution in [0, 0.1) is 0 Å². The molecule has 128 valence electrons. The van der Waals surface area contributed by atoms with Crippen molar-refractivity contribution in [1.82, 2.24) is 9.21 Å². The lowest BCUT2D eigenvalue weighted by atomic mass is 10.1. The summed E-state index contributed by atoms with van der Waals surface area (Å²) in [7, 11) is 2.16. The summed E-state index contributed by atoms with van der Waals surface area (Å²) in [6.45, 7) is 7.34. The zero-order valence-corrected chi connectivity index (χ0v) is 14.9. The number of likely N-dealkylation sites (N-methyl/N-ethyl adjacent to an activating group) is 1. The second-order valence-electron chi connectivity index (χ2n) is 6.40. The fraction of sp³-hybridized carbons (Fsp3) is 0.471. The summed E-state index contributed by atoms with van der Waals surface area (Å²) in [6.07, 6.45) is 1.76. The Morgan fingerprint density at radius 3 is 2.62 bits per heavy atom. The molecule has 3 heterocycles. The van der Waals surface area contributed by atoms with Crippen LogP contribution in [0.1, 0.15) is 6.92 Å². The number of anilines is 2. The first kappa shape index (κ1) is 15.7. The van der Waals surface area contributed by atoms with Gasteiger partial charge < -0.3 is 14.2 Å². The van der Waals surface area contributed by atoms with E-state index in [0.29, 0.717) is 0 Å². The number of benzene rings is 1. The molecule has 0 unspecified atom stereocenters. The van der Waals surface area contributed by atoms with E-state index in [-0.39, 0.29) is 5.91 Å². The summed E-state index contributed by atoms with van der Waals surface area (Å²) in [4.78, 5) is 16.3. The van der Waals surface area contributed by atoms with E-state index in [1.807, 2.05) is 6.07 Å². The number of piperazine rings is 1. The van der Waals surface area contributed by atoms with E-state index in [9.17, 15) is 4.79 Å². The number of amides is 1. The van der Waals surface area contributed by atoms with Gasteiger partial charge in [0.15, 0.2) is 5.58 Å². The van der Waals surface area contributed by atoms with E-state index in [1.54, 1.807) is 17.5 Å². The van der Waals surface area contributed by atoms with Crippen molar-refractivity contribution >= 4 is 40.4 Å². The number of furan rings is 1. The van der Waals surface area contributed by atoms with Crippen molar-refractivity contribution in [3.05, 3.63) is 24.5 Å². The number of fused-ring (bicyclic) bond motifs is 1. The molecular weight excluding hydrogens is 324 g/mol. The SMILES string of the molecule is CC(=O)N1CCN(c2cc(N3CCN(C)CC3)c3occc3c2)S1. The van der Waals surface area contributed by atoms with Crippen LogP contribution in [0.15, 0.2) is 28.9 Å². The number of carbonyl (C=O) groups is 1. The molecule has 1 amide bonds. The van der Waals surface area contributed by atoms with Gasteiger partial charge in [-0.25, -0.2) is 0 Å². The summed E-state index contributed by atoms with van der Waals surface area (Å²) < 4.78 is 9.75. The molecule has 0 N–H and O–H groups in total. The smallest absolute Gasteiger partial charge is 0.230 e. The normalized spacial score (nSPS) is 19.5. The highest BCUT2D eigenvalue weighted by molar-refractivity contribution is 7.99. The quantitative estimate of drug-likeness (QED) is 0.778. The Bertz CT molecular complexity index is 754. The third-order valence-corrected chi connectivity index (χ3v) is 5.93. The standard InChI is InChI=1S/C17H22N4O2S/c1-13(22)20-8-9-21(24-20)15-11-14-3-10-23-17(14)16(12-15)19-6-4-18(2)5-7-19/h3,10-12H,4-9H2,1-2H3. The van der Waals surface area contributed by atoms with E-state index in [1.165, 1.54) is 12.1 Å². The first-order valence-electron chi connectivity index (χ1n) is 8.30. The molecular formula is C17H22N4O2S. The molecule has 0 aliphatic carbocycles. The monoisotopic (exact) mass is 346 g/mol. The van der Waals surface area contributed by atoms with Crippen molar-refractivity contribution in [1.29, 1.82) is 0 Å². The van der Waals surface area contributed by atoms with Crippen molar-refractivity contribution in [2.45, 2.75) is 6.92 Å². The Morgan fingerprint density at radius 2 is 1.92 bits per heavy atom. The van der Waals surface area contributed by atoms with E-state index >= 15 is 0 Å². The second-order valence-corrected chi connectivity index (χ2v) is 7.44. The number of nitrogens with zero attached hydrogens (tertiary/aromatic N) is 4. The number of rotatable bonds is 2. The van der Waals surface area contributed by atoms with Gasteiger partial charge in [-0.1, -0.05) is 0 Å². The predicted octanol–water partition coefficient (Wildman–Crippen LogP) is 2.42. The lowest BCUT2D eigenvalue weighted by Gasteiger charge is -2.34. The molecule has 6 nitrogen and oxygen atoms in total. The minimum atomic E-state index is 0.103. The highest BCUT2D eigenvalue weighted by Crippen LogP contribution is 2.38. The third-order valence-electron chi connectivity index (χ3n) is 4.70. The summed E-state index contributed by atoms with van der Waals surface area (Å²) in [5.41, 5.74) is 3.24. The molecule has 2 fully saturated rings. The van der Waals surface area contributed by atoms with Crippen molar-refractivity contribution in [2.75, 3.05) is 55.5 Å². The Balaban J connectivity index is 1.66. The first-order valence-corrected chi connectivity index (χ1v) is 9.03. The third kappa shape index (κ3) is 2.82. The van der Waals surface area contributed by atoms with Gasteiger partial charge in [0.05, 0.1) is 36.3 Å². The zero-order chi connectivity index (χ0) is 16.7. The van der Waals surface area contributed by atoms with E-state index < -0.39 is 0 Å². The van der Waals surface area contributed by atoms with Crippen LogP contribution in [-0.4, -0.2) is 61.4 Å². The molecule has 1 aromatic heterocycles. The highest BCUT2D eigenvalue weighted by Gasteiger charge is 2.26. The average Bonchev–Trinajstić information content (AvgIpc) is 3.24. The van der Waals surface area contributed by atoms with Crippen LogP contribution in [0.5, 0.6) is 0 Å². The van der Waals surface area contributed by atoms with Crippen LogP contribution < -0.4 is 9.21 Å². The van der Waals surface area contributed by atoms with Gasteiger partial charge >= 0.3 is 0 Å². The Kier molecular flexibility index (Phi) is 4.05. The lowest BCUT2D eigenvalue weighted by molar-refractivity contribution is -0.123. The Hall–Kier alpha value is -1.86. The van der Waals surface area contributed by atoms with Gasteiger partial charge in [0.2, 0.25) is 5.91 Å². The molecule has 0 saturated carbocycles. The molecule has 2 aliphatic rings. The van der Waals surface area contributed by atoms with Crippen molar-refractivity contribution < 1.29 is 9.21 Å². The van der Waals surface area contributed by atoms with Gasteiger partial charge in [-0.15, -0.1) is 0 Å². The maximum absolute atomic E-state index is 11.6. The molecule has 4 rings (SSSR count). The molecule has 0 bridgehead atoms. The van der Waals surface area contributed by atoms with Gasteiger partial charge in [-0.05, 0) is 25.2 Å². The Labute approximate surface area is 146 Å². The van der Waals surface area contributed by atoms with Crippen LogP contribution >= 0.6 is 12.1 Å². The topological polar surface area (TPSA) is 43.2 Å². The summed E-state index contributed by atoms with van der Waals surface area (Å²) in [5.74, 6) is 0.103. The maximum atomic E-state index is 11.6. The number of carbonyl (C=O) groups excluding carboxylic acids is 1. The zero-order valence-electron chi connectivity index (χ0n) is 14.1. The largest absolute Gasteiger partial charge is 0.462 e. The maximum Gasteiger partial charge on any atom is 0.230 e. The summed E-state index contributed by atoms with van der Waals surface area (Å²) in [6, 6.07) is 6.37. The fourth-order valence-electron chi connectivity index (χ4n) is 3.25. The molecule has 1 aromatic carbocycles. The van der Waals surface area contributed by atoms with Crippen molar-refractivity contribution in [3.63, 3.8) is 0 Å². The summed E-state index contributed by atoms with van der Waals surface area (Å²) in [5, 5.41) is 1.11. The predicted molar refractivity (Wildman–Crippen MR) is 98.2 cm³/mol.